The van der Waals surface area contributed by atoms with Crippen molar-refractivity contribution < 1.29 is 9.47 Å². The van der Waals surface area contributed by atoms with Gasteiger partial charge in [-0.2, -0.15) is 0 Å². The maximum absolute atomic E-state index is 5.71. The van der Waals surface area contributed by atoms with Crippen LogP contribution in [0, 0.1) is 0 Å². The maximum Gasteiger partial charge on any atom is 0.123 e. The van der Waals surface area contributed by atoms with Crippen molar-refractivity contribution in [3.8, 4) is 11.5 Å². The molecule has 0 saturated carbocycles. The number of hydrogen-bond acceptors (Lipinski definition) is 2. The van der Waals surface area contributed by atoms with Crippen LogP contribution in [0.4, 0.5) is 0 Å². The summed E-state index contributed by atoms with van der Waals surface area (Å²) in [5, 5.41) is 5.24. The molecule has 132 valence electrons. The van der Waals surface area contributed by atoms with Gasteiger partial charge in [0, 0.05) is 23.0 Å². The van der Waals surface area contributed by atoms with Crippen molar-refractivity contribution in [2.24, 2.45) is 0 Å². The zero-order valence-corrected chi connectivity index (χ0v) is 15.5. The highest BCUT2D eigenvalue weighted by Crippen LogP contribution is 2.61. The van der Waals surface area contributed by atoms with E-state index in [2.05, 4.69) is 48.5 Å². The molecule has 0 aliphatic heterocycles. The summed E-state index contributed by atoms with van der Waals surface area (Å²) in [6, 6.07) is 22.1. The summed E-state index contributed by atoms with van der Waals surface area (Å²) in [6.45, 7) is 0. The average Bonchev–Trinajstić information content (AvgIpc) is 3.27. The van der Waals surface area contributed by atoms with E-state index in [1.54, 1.807) is 14.2 Å². The van der Waals surface area contributed by atoms with Crippen LogP contribution in [0.2, 0.25) is 0 Å². The summed E-state index contributed by atoms with van der Waals surface area (Å²) in [4.78, 5) is 0. The second kappa shape index (κ2) is 5.26. The standard InChI is InChI=1S/C25H20O2/c1-26-22-7-8-23(27-2)25-21-13-20(24(22)25)18-11-16-9-14-5-3-4-6-15(14)10-17(16)12-19(18)21/h3-12,20-21H,13H2,1-2H3/t20-,21+. The Labute approximate surface area is 158 Å². The molecule has 2 aliphatic carbocycles. The topological polar surface area (TPSA) is 18.5 Å². The predicted molar refractivity (Wildman–Crippen MR) is 109 cm³/mol. The Kier molecular flexibility index (Phi) is 2.94. The first-order valence-corrected chi connectivity index (χ1v) is 9.49. The highest BCUT2D eigenvalue weighted by molar-refractivity contribution is 5.99. The Hall–Kier alpha value is -3.00. The fourth-order valence-electron chi connectivity index (χ4n) is 5.34. The molecule has 4 aromatic carbocycles. The largest absolute Gasteiger partial charge is 0.496 e. The zero-order chi connectivity index (χ0) is 18.1. The minimum absolute atomic E-state index is 0.404. The normalized spacial score (nSPS) is 19.3. The van der Waals surface area contributed by atoms with E-state index in [4.69, 9.17) is 9.47 Å². The van der Waals surface area contributed by atoms with Crippen LogP contribution in [0.5, 0.6) is 11.5 Å². The molecule has 2 bridgehead atoms. The maximum atomic E-state index is 5.71. The molecule has 0 fully saturated rings. The number of hydrogen-bond donors (Lipinski definition) is 0. The molecule has 0 unspecified atom stereocenters. The fourth-order valence-corrected chi connectivity index (χ4v) is 5.34. The minimum Gasteiger partial charge on any atom is -0.496 e. The van der Waals surface area contributed by atoms with Gasteiger partial charge in [0.05, 0.1) is 14.2 Å². The molecule has 27 heavy (non-hydrogen) atoms. The fraction of sp³-hybridized carbons (Fsp3) is 0.200. The lowest BCUT2D eigenvalue weighted by Crippen LogP contribution is -2.07. The lowest BCUT2D eigenvalue weighted by Gasteiger charge is -2.24. The molecule has 6 rings (SSSR count). The van der Waals surface area contributed by atoms with Gasteiger partial charge in [-0.3, -0.25) is 0 Å². The van der Waals surface area contributed by atoms with Gasteiger partial charge in [0.25, 0.3) is 0 Å². The highest BCUT2D eigenvalue weighted by atomic mass is 16.5. The summed E-state index contributed by atoms with van der Waals surface area (Å²) >= 11 is 0. The summed E-state index contributed by atoms with van der Waals surface area (Å²) in [7, 11) is 3.53. The third-order valence-corrected chi connectivity index (χ3v) is 6.47. The molecule has 0 saturated heterocycles. The molecule has 2 atom stereocenters. The van der Waals surface area contributed by atoms with Gasteiger partial charge in [-0.25, -0.2) is 0 Å². The number of rotatable bonds is 2. The van der Waals surface area contributed by atoms with Gasteiger partial charge in [0.2, 0.25) is 0 Å². The first kappa shape index (κ1) is 15.1. The van der Waals surface area contributed by atoms with Crippen molar-refractivity contribution in [1.29, 1.82) is 0 Å². The van der Waals surface area contributed by atoms with E-state index in [-0.39, 0.29) is 0 Å². The average molecular weight is 352 g/mol. The van der Waals surface area contributed by atoms with Gasteiger partial charge < -0.3 is 9.47 Å². The minimum atomic E-state index is 0.404. The van der Waals surface area contributed by atoms with Gasteiger partial charge in [-0.15, -0.1) is 0 Å². The predicted octanol–water partition coefficient (Wildman–Crippen LogP) is 5.99. The van der Waals surface area contributed by atoms with Crippen LogP contribution in [-0.4, -0.2) is 14.2 Å². The van der Waals surface area contributed by atoms with Gasteiger partial charge in [-0.1, -0.05) is 36.4 Å². The zero-order valence-electron chi connectivity index (χ0n) is 15.5. The van der Waals surface area contributed by atoms with Crippen LogP contribution >= 0.6 is 0 Å². The first-order valence-electron chi connectivity index (χ1n) is 9.49. The van der Waals surface area contributed by atoms with Crippen LogP contribution in [-0.2, 0) is 0 Å². The van der Waals surface area contributed by atoms with Gasteiger partial charge >= 0.3 is 0 Å². The third kappa shape index (κ3) is 1.90. The van der Waals surface area contributed by atoms with Crippen LogP contribution < -0.4 is 9.47 Å². The van der Waals surface area contributed by atoms with Crippen molar-refractivity contribution in [3.63, 3.8) is 0 Å². The lowest BCUT2D eigenvalue weighted by molar-refractivity contribution is 0.395. The van der Waals surface area contributed by atoms with E-state index in [0.717, 1.165) is 17.9 Å². The molecular weight excluding hydrogens is 332 g/mol. The van der Waals surface area contributed by atoms with Crippen molar-refractivity contribution >= 4 is 21.5 Å². The Balaban J connectivity index is 1.62. The molecule has 2 heteroatoms. The number of benzene rings is 4. The summed E-state index contributed by atoms with van der Waals surface area (Å²) in [5.41, 5.74) is 5.58. The highest BCUT2D eigenvalue weighted by Gasteiger charge is 2.45. The van der Waals surface area contributed by atoms with Crippen LogP contribution in [0.1, 0.15) is 40.5 Å². The molecule has 2 nitrogen and oxygen atoms in total. The van der Waals surface area contributed by atoms with E-state index < -0.39 is 0 Å². The Morgan fingerprint density at radius 3 is 1.56 bits per heavy atom. The monoisotopic (exact) mass is 352 g/mol. The van der Waals surface area contributed by atoms with Crippen molar-refractivity contribution in [1.82, 2.24) is 0 Å². The smallest absolute Gasteiger partial charge is 0.123 e. The Bertz CT molecular complexity index is 1140. The lowest BCUT2D eigenvalue weighted by atomic mass is 9.83. The molecule has 2 aliphatic rings. The van der Waals surface area contributed by atoms with Gasteiger partial charge in [0.1, 0.15) is 11.5 Å². The molecule has 0 heterocycles. The molecule has 0 spiro atoms. The summed E-state index contributed by atoms with van der Waals surface area (Å²) < 4.78 is 11.4. The first-order chi connectivity index (χ1) is 13.3. The van der Waals surface area contributed by atoms with Crippen molar-refractivity contribution in [2.45, 2.75) is 18.3 Å². The molecule has 0 radical (unpaired) electrons. The van der Waals surface area contributed by atoms with E-state index in [0.29, 0.717) is 11.8 Å². The molecule has 0 aromatic heterocycles. The molecule has 0 N–H and O–H groups in total. The van der Waals surface area contributed by atoms with Gasteiger partial charge in [-0.05, 0) is 63.4 Å². The molecular formula is C25H20O2. The van der Waals surface area contributed by atoms with Crippen molar-refractivity contribution in [3.05, 3.63) is 82.9 Å². The molecule has 0 amide bonds. The second-order valence-corrected chi connectivity index (χ2v) is 7.67. The van der Waals surface area contributed by atoms with E-state index in [1.165, 1.54) is 43.8 Å². The summed E-state index contributed by atoms with van der Waals surface area (Å²) in [5.74, 6) is 2.78. The summed E-state index contributed by atoms with van der Waals surface area (Å²) in [6.07, 6.45) is 1.12. The van der Waals surface area contributed by atoms with Crippen LogP contribution in [0.15, 0.2) is 60.7 Å². The SMILES string of the molecule is COc1ccc(OC)c2c1[C@@H]1C[C@H]2c2cc3cc4ccccc4cc3cc21. The van der Waals surface area contributed by atoms with Crippen LogP contribution in [0.3, 0.4) is 0 Å². The Morgan fingerprint density at radius 2 is 1.11 bits per heavy atom. The van der Waals surface area contributed by atoms with Crippen molar-refractivity contribution in [2.75, 3.05) is 14.2 Å². The Morgan fingerprint density at radius 1 is 0.630 bits per heavy atom. The quantitative estimate of drug-likeness (QED) is 0.413. The van der Waals surface area contributed by atoms with E-state index >= 15 is 0 Å². The number of ether oxygens (including phenoxy) is 2. The van der Waals surface area contributed by atoms with Crippen LogP contribution in [0.25, 0.3) is 21.5 Å². The van der Waals surface area contributed by atoms with Gasteiger partial charge in [0.15, 0.2) is 0 Å². The number of fused-ring (bicyclic) bond motifs is 10. The second-order valence-electron chi connectivity index (χ2n) is 7.67. The van der Waals surface area contributed by atoms with E-state index in [1.807, 2.05) is 12.1 Å². The molecule has 4 aromatic rings. The number of methoxy groups -OCH3 is 2. The van der Waals surface area contributed by atoms with E-state index in [9.17, 15) is 0 Å². The third-order valence-electron chi connectivity index (χ3n) is 6.47.